The van der Waals surface area contributed by atoms with Crippen LogP contribution in [0.15, 0.2) is 4.52 Å². The average Bonchev–Trinajstić information content (AvgIpc) is 3.08. The first-order valence-corrected chi connectivity index (χ1v) is 6.03. The van der Waals surface area contributed by atoms with Gasteiger partial charge >= 0.3 is 5.97 Å². The molecule has 1 atom stereocenters. The number of hydrogen-bond donors (Lipinski definition) is 2. The second-order valence-electron chi connectivity index (χ2n) is 4.54. The zero-order chi connectivity index (χ0) is 13.3. The predicted molar refractivity (Wildman–Crippen MR) is 62.2 cm³/mol. The van der Waals surface area contributed by atoms with Gasteiger partial charge in [0.1, 0.15) is 17.4 Å². The Morgan fingerprint density at radius 3 is 2.72 bits per heavy atom. The van der Waals surface area contributed by atoms with Crippen LogP contribution in [0.2, 0.25) is 0 Å². The van der Waals surface area contributed by atoms with Crippen LogP contribution in [0.4, 0.5) is 0 Å². The van der Waals surface area contributed by atoms with E-state index >= 15 is 0 Å². The molecule has 18 heavy (non-hydrogen) atoms. The van der Waals surface area contributed by atoms with Gasteiger partial charge in [0.15, 0.2) is 0 Å². The molecule has 1 aliphatic carbocycles. The number of amides is 1. The molecule has 0 spiro atoms. The van der Waals surface area contributed by atoms with Gasteiger partial charge in [-0.15, -0.1) is 0 Å². The van der Waals surface area contributed by atoms with Gasteiger partial charge in [-0.1, -0.05) is 12.1 Å². The van der Waals surface area contributed by atoms with Crippen LogP contribution >= 0.6 is 0 Å². The van der Waals surface area contributed by atoms with Gasteiger partial charge in [-0.3, -0.25) is 4.79 Å². The number of nitrogens with zero attached hydrogens (tertiary/aromatic N) is 1. The first-order valence-electron chi connectivity index (χ1n) is 6.03. The molecule has 1 aromatic heterocycles. The highest BCUT2D eigenvalue weighted by Gasteiger charge is 2.38. The van der Waals surface area contributed by atoms with Crippen LogP contribution < -0.4 is 5.32 Å². The Kier molecular flexibility index (Phi) is 3.36. The summed E-state index contributed by atoms with van der Waals surface area (Å²) in [5.74, 6) is -0.927. The smallest absolute Gasteiger partial charge is 0.326 e. The number of carboxylic acid groups (broad SMARTS) is 1. The molecule has 1 amide bonds. The maximum atomic E-state index is 12.1. The molecule has 98 valence electrons. The van der Waals surface area contributed by atoms with Gasteiger partial charge < -0.3 is 14.9 Å². The zero-order valence-electron chi connectivity index (χ0n) is 10.4. The molecular formula is C12H16N2O4. The molecule has 0 aromatic carbocycles. The molecule has 0 bridgehead atoms. The van der Waals surface area contributed by atoms with E-state index in [1.807, 2.05) is 6.92 Å². The fraction of sp³-hybridized carbons (Fsp3) is 0.583. The Morgan fingerprint density at radius 2 is 2.22 bits per heavy atom. The van der Waals surface area contributed by atoms with E-state index in [0.717, 1.165) is 12.8 Å². The largest absolute Gasteiger partial charge is 0.480 e. The zero-order valence-corrected chi connectivity index (χ0v) is 10.4. The topological polar surface area (TPSA) is 92.4 Å². The second kappa shape index (κ2) is 4.80. The minimum absolute atomic E-state index is 0.0525. The Morgan fingerprint density at radius 1 is 1.56 bits per heavy atom. The summed E-state index contributed by atoms with van der Waals surface area (Å²) in [5, 5.41) is 15.4. The van der Waals surface area contributed by atoms with Gasteiger partial charge in [0.2, 0.25) is 0 Å². The highest BCUT2D eigenvalue weighted by atomic mass is 16.5. The van der Waals surface area contributed by atoms with Crippen molar-refractivity contribution >= 4 is 11.9 Å². The van der Waals surface area contributed by atoms with Crippen molar-refractivity contribution in [1.82, 2.24) is 10.5 Å². The van der Waals surface area contributed by atoms with Crippen molar-refractivity contribution in [3.8, 4) is 0 Å². The number of aryl methyl sites for hydroxylation is 2. The quantitative estimate of drug-likeness (QED) is 0.819. The number of aromatic nitrogens is 1. The summed E-state index contributed by atoms with van der Waals surface area (Å²) >= 11 is 0. The third-order valence-electron chi connectivity index (χ3n) is 3.14. The number of rotatable bonds is 5. The summed E-state index contributed by atoms with van der Waals surface area (Å²) in [6.07, 6.45) is 2.27. The number of aliphatic carboxylic acids is 1. The van der Waals surface area contributed by atoms with E-state index in [2.05, 4.69) is 10.5 Å². The van der Waals surface area contributed by atoms with Crippen LogP contribution in [-0.4, -0.2) is 28.2 Å². The van der Waals surface area contributed by atoms with Gasteiger partial charge in [0, 0.05) is 0 Å². The molecular weight excluding hydrogens is 236 g/mol. The third-order valence-corrected chi connectivity index (χ3v) is 3.14. The van der Waals surface area contributed by atoms with Gasteiger partial charge in [-0.05, 0) is 32.1 Å². The molecule has 0 aliphatic heterocycles. The molecule has 1 fully saturated rings. The summed E-state index contributed by atoms with van der Waals surface area (Å²) in [4.78, 5) is 23.2. The molecule has 6 heteroatoms. The Labute approximate surface area is 104 Å². The average molecular weight is 252 g/mol. The lowest BCUT2D eigenvalue weighted by atomic mass is 10.1. The van der Waals surface area contributed by atoms with Gasteiger partial charge in [0.25, 0.3) is 5.91 Å². The van der Waals surface area contributed by atoms with Crippen molar-refractivity contribution in [3.63, 3.8) is 0 Å². The van der Waals surface area contributed by atoms with Crippen molar-refractivity contribution in [1.29, 1.82) is 0 Å². The van der Waals surface area contributed by atoms with Crippen LogP contribution in [0.25, 0.3) is 0 Å². The van der Waals surface area contributed by atoms with Crippen molar-refractivity contribution in [2.75, 3.05) is 0 Å². The number of hydrogen-bond acceptors (Lipinski definition) is 4. The van der Waals surface area contributed by atoms with Crippen LogP contribution in [0.1, 0.15) is 41.6 Å². The monoisotopic (exact) mass is 252 g/mol. The Hall–Kier alpha value is -1.85. The Balaban J connectivity index is 2.15. The summed E-state index contributed by atoms with van der Waals surface area (Å²) in [6, 6.07) is -0.809. The highest BCUT2D eigenvalue weighted by Crippen LogP contribution is 2.33. The number of carboxylic acids is 1. The SMILES string of the molecule is CCc1noc(C)c1C(=O)NC(C(=O)O)C1CC1. The molecule has 2 N–H and O–H groups in total. The van der Waals surface area contributed by atoms with Gasteiger partial charge in [-0.2, -0.15) is 0 Å². The minimum atomic E-state index is -0.988. The van der Waals surface area contributed by atoms with E-state index in [9.17, 15) is 9.59 Å². The second-order valence-corrected chi connectivity index (χ2v) is 4.54. The van der Waals surface area contributed by atoms with Crippen LogP contribution in [0, 0.1) is 12.8 Å². The lowest BCUT2D eigenvalue weighted by molar-refractivity contribution is -0.139. The molecule has 0 saturated heterocycles. The fourth-order valence-electron chi connectivity index (χ4n) is 1.97. The maximum absolute atomic E-state index is 12.1. The predicted octanol–water partition coefficient (Wildman–Crippen LogP) is 1.14. The van der Waals surface area contributed by atoms with Crippen molar-refractivity contribution in [2.45, 2.75) is 39.2 Å². The fourth-order valence-corrected chi connectivity index (χ4v) is 1.97. The first kappa shape index (κ1) is 12.6. The summed E-state index contributed by atoms with van der Waals surface area (Å²) in [7, 11) is 0. The molecule has 1 heterocycles. The lowest BCUT2D eigenvalue weighted by Crippen LogP contribution is -2.42. The van der Waals surface area contributed by atoms with E-state index in [0.29, 0.717) is 23.4 Å². The van der Waals surface area contributed by atoms with E-state index in [4.69, 9.17) is 9.63 Å². The van der Waals surface area contributed by atoms with E-state index in [1.54, 1.807) is 6.92 Å². The third kappa shape index (κ3) is 2.37. The van der Waals surface area contributed by atoms with Gasteiger partial charge in [0.05, 0.1) is 5.69 Å². The van der Waals surface area contributed by atoms with E-state index < -0.39 is 17.9 Å². The van der Waals surface area contributed by atoms with E-state index in [-0.39, 0.29) is 5.92 Å². The molecule has 0 radical (unpaired) electrons. The minimum Gasteiger partial charge on any atom is -0.480 e. The van der Waals surface area contributed by atoms with Crippen LogP contribution in [-0.2, 0) is 11.2 Å². The molecule has 1 saturated carbocycles. The van der Waals surface area contributed by atoms with Crippen LogP contribution in [0.5, 0.6) is 0 Å². The Bertz CT molecular complexity index is 476. The first-order chi connectivity index (χ1) is 8.54. The van der Waals surface area contributed by atoms with Crippen molar-refractivity contribution < 1.29 is 19.2 Å². The van der Waals surface area contributed by atoms with Crippen molar-refractivity contribution in [2.24, 2.45) is 5.92 Å². The van der Waals surface area contributed by atoms with Crippen LogP contribution in [0.3, 0.4) is 0 Å². The van der Waals surface area contributed by atoms with Crippen molar-refractivity contribution in [3.05, 3.63) is 17.0 Å². The lowest BCUT2D eigenvalue weighted by Gasteiger charge is -2.13. The molecule has 1 unspecified atom stereocenters. The van der Waals surface area contributed by atoms with E-state index in [1.165, 1.54) is 0 Å². The molecule has 1 aliphatic rings. The number of nitrogens with one attached hydrogen (secondary N) is 1. The summed E-state index contributed by atoms with van der Waals surface area (Å²) in [6.45, 7) is 3.51. The number of carbonyl (C=O) groups excluding carboxylic acids is 1. The summed E-state index contributed by atoms with van der Waals surface area (Å²) in [5.41, 5.74) is 0.925. The standard InChI is InChI=1S/C12H16N2O4/c1-3-8-9(6(2)18-14-8)11(15)13-10(12(16)17)7-4-5-7/h7,10H,3-5H2,1-2H3,(H,13,15)(H,16,17). The summed E-state index contributed by atoms with van der Waals surface area (Å²) < 4.78 is 4.97. The number of carbonyl (C=O) groups is 2. The molecule has 6 nitrogen and oxygen atoms in total. The van der Waals surface area contributed by atoms with Gasteiger partial charge in [-0.25, -0.2) is 4.79 Å². The highest BCUT2D eigenvalue weighted by molar-refractivity contribution is 5.98. The maximum Gasteiger partial charge on any atom is 0.326 e. The molecule has 1 aromatic rings. The molecule has 2 rings (SSSR count). The normalized spacial score (nSPS) is 16.3.